The fraction of sp³-hybridized carbons (Fsp3) is 0.167. The Hall–Kier alpha value is -1.97. The highest BCUT2D eigenvalue weighted by Crippen LogP contribution is 2.22. The average Bonchev–Trinajstić information content (AvgIpc) is 2.70. The van der Waals surface area contributed by atoms with E-state index in [9.17, 15) is 14.9 Å². The predicted octanol–water partition coefficient (Wildman–Crippen LogP) is 2.49. The SMILES string of the molecule is Cc1cc([N+](=O)[O-])ccc1NC(=O)c1nn(C)cc1I. The average molecular weight is 386 g/mol. The predicted molar refractivity (Wildman–Crippen MR) is 81.7 cm³/mol. The van der Waals surface area contributed by atoms with Gasteiger partial charge >= 0.3 is 0 Å². The molecule has 20 heavy (non-hydrogen) atoms. The van der Waals surface area contributed by atoms with Gasteiger partial charge in [0.05, 0.1) is 8.49 Å². The van der Waals surface area contributed by atoms with E-state index in [0.717, 1.165) is 3.57 Å². The number of aryl methyl sites for hydroxylation is 2. The van der Waals surface area contributed by atoms with Crippen LogP contribution in [-0.2, 0) is 7.05 Å². The normalized spacial score (nSPS) is 10.3. The van der Waals surface area contributed by atoms with Gasteiger partial charge in [-0.15, -0.1) is 0 Å². The first-order valence-corrected chi connectivity index (χ1v) is 6.72. The van der Waals surface area contributed by atoms with Gasteiger partial charge in [-0.05, 0) is 41.1 Å². The molecule has 0 aliphatic rings. The lowest BCUT2D eigenvalue weighted by molar-refractivity contribution is -0.384. The van der Waals surface area contributed by atoms with Crippen molar-refractivity contribution in [3.8, 4) is 0 Å². The van der Waals surface area contributed by atoms with Crippen molar-refractivity contribution in [1.29, 1.82) is 0 Å². The van der Waals surface area contributed by atoms with Crippen LogP contribution in [-0.4, -0.2) is 20.6 Å². The van der Waals surface area contributed by atoms with Crippen LogP contribution >= 0.6 is 22.6 Å². The molecule has 1 heterocycles. The van der Waals surface area contributed by atoms with Crippen molar-refractivity contribution in [3.63, 3.8) is 0 Å². The Labute approximate surface area is 128 Å². The maximum absolute atomic E-state index is 12.1. The molecule has 0 radical (unpaired) electrons. The molecule has 0 aliphatic carbocycles. The summed E-state index contributed by atoms with van der Waals surface area (Å²) in [6, 6.07) is 4.28. The lowest BCUT2D eigenvalue weighted by atomic mass is 10.1. The number of aromatic nitrogens is 2. The maximum atomic E-state index is 12.1. The van der Waals surface area contributed by atoms with Crippen molar-refractivity contribution in [2.45, 2.75) is 6.92 Å². The Morgan fingerprint density at radius 3 is 2.70 bits per heavy atom. The number of nitrogens with zero attached hydrogens (tertiary/aromatic N) is 3. The fourth-order valence-electron chi connectivity index (χ4n) is 1.70. The van der Waals surface area contributed by atoms with E-state index in [1.807, 2.05) is 22.6 Å². The smallest absolute Gasteiger partial charge is 0.277 e. The zero-order valence-corrected chi connectivity index (χ0v) is 12.9. The number of rotatable bonds is 3. The van der Waals surface area contributed by atoms with Gasteiger partial charge in [-0.2, -0.15) is 5.10 Å². The third kappa shape index (κ3) is 2.95. The number of non-ortho nitro benzene ring substituents is 1. The molecule has 1 aromatic carbocycles. The minimum Gasteiger partial charge on any atom is -0.320 e. The van der Waals surface area contributed by atoms with Crippen LogP contribution in [0.1, 0.15) is 16.1 Å². The zero-order chi connectivity index (χ0) is 14.9. The van der Waals surface area contributed by atoms with E-state index in [-0.39, 0.29) is 11.6 Å². The largest absolute Gasteiger partial charge is 0.320 e. The van der Waals surface area contributed by atoms with E-state index in [0.29, 0.717) is 16.9 Å². The molecular formula is C12H11IN4O3. The third-order valence-electron chi connectivity index (χ3n) is 2.67. The van der Waals surface area contributed by atoms with Crippen LogP contribution in [0, 0.1) is 20.6 Å². The van der Waals surface area contributed by atoms with Gasteiger partial charge in [0.2, 0.25) is 0 Å². The van der Waals surface area contributed by atoms with Crippen molar-refractivity contribution in [3.05, 3.63) is 49.3 Å². The number of nitrogens with one attached hydrogen (secondary N) is 1. The molecule has 8 heteroatoms. The van der Waals surface area contributed by atoms with E-state index >= 15 is 0 Å². The van der Waals surface area contributed by atoms with Crippen LogP contribution in [0.15, 0.2) is 24.4 Å². The lowest BCUT2D eigenvalue weighted by Crippen LogP contribution is -2.15. The first-order chi connectivity index (χ1) is 9.38. The van der Waals surface area contributed by atoms with E-state index in [1.54, 1.807) is 24.9 Å². The monoisotopic (exact) mass is 386 g/mol. The Kier molecular flexibility index (Phi) is 4.02. The summed E-state index contributed by atoms with van der Waals surface area (Å²) in [5.74, 6) is -0.341. The maximum Gasteiger partial charge on any atom is 0.277 e. The van der Waals surface area contributed by atoms with Crippen molar-refractivity contribution < 1.29 is 9.72 Å². The van der Waals surface area contributed by atoms with Crippen molar-refractivity contribution in [2.75, 3.05) is 5.32 Å². The molecule has 0 aliphatic heterocycles. The van der Waals surface area contributed by atoms with E-state index < -0.39 is 4.92 Å². The van der Waals surface area contributed by atoms with Crippen molar-refractivity contribution in [1.82, 2.24) is 9.78 Å². The Morgan fingerprint density at radius 1 is 1.50 bits per heavy atom. The van der Waals surface area contributed by atoms with Gasteiger partial charge in [0, 0.05) is 31.1 Å². The number of benzene rings is 1. The summed E-state index contributed by atoms with van der Waals surface area (Å²) in [5, 5.41) is 17.4. The minimum atomic E-state index is -0.472. The molecule has 7 nitrogen and oxygen atoms in total. The standard InChI is InChI=1S/C12H11IN4O3/c1-7-5-8(17(19)20)3-4-10(7)14-12(18)11-9(13)6-16(2)15-11/h3-6H,1-2H3,(H,14,18). The van der Waals surface area contributed by atoms with Crippen LogP contribution in [0.2, 0.25) is 0 Å². The van der Waals surface area contributed by atoms with Crippen LogP contribution < -0.4 is 5.32 Å². The molecule has 104 valence electrons. The molecule has 0 atom stereocenters. The Morgan fingerprint density at radius 2 is 2.20 bits per heavy atom. The number of nitro groups is 1. The summed E-state index contributed by atoms with van der Waals surface area (Å²) < 4.78 is 2.29. The van der Waals surface area contributed by atoms with Gasteiger partial charge in [0.1, 0.15) is 0 Å². The highest BCUT2D eigenvalue weighted by atomic mass is 127. The van der Waals surface area contributed by atoms with Gasteiger partial charge in [-0.1, -0.05) is 0 Å². The van der Waals surface area contributed by atoms with Gasteiger partial charge in [-0.3, -0.25) is 19.6 Å². The zero-order valence-electron chi connectivity index (χ0n) is 10.8. The second-order valence-electron chi connectivity index (χ2n) is 4.21. The Balaban J connectivity index is 2.24. The summed E-state index contributed by atoms with van der Waals surface area (Å²) in [6.45, 7) is 1.70. The van der Waals surface area contributed by atoms with Crippen LogP contribution in [0.5, 0.6) is 0 Å². The van der Waals surface area contributed by atoms with Crippen LogP contribution in [0.4, 0.5) is 11.4 Å². The second kappa shape index (κ2) is 5.57. The first-order valence-electron chi connectivity index (χ1n) is 5.64. The molecule has 0 unspecified atom stereocenters. The molecule has 0 fully saturated rings. The number of carbonyl (C=O) groups excluding carboxylic acids is 1. The van der Waals surface area contributed by atoms with Gasteiger partial charge in [-0.25, -0.2) is 0 Å². The highest BCUT2D eigenvalue weighted by Gasteiger charge is 2.16. The summed E-state index contributed by atoms with van der Waals surface area (Å²) in [6.07, 6.45) is 1.73. The highest BCUT2D eigenvalue weighted by molar-refractivity contribution is 14.1. The molecule has 2 rings (SSSR count). The topological polar surface area (TPSA) is 90.1 Å². The van der Waals surface area contributed by atoms with Gasteiger partial charge in [0.25, 0.3) is 11.6 Å². The fourth-order valence-corrected chi connectivity index (χ4v) is 2.45. The van der Waals surface area contributed by atoms with E-state index in [1.165, 1.54) is 18.2 Å². The molecule has 0 saturated heterocycles. The summed E-state index contributed by atoms with van der Waals surface area (Å²) >= 11 is 2.03. The summed E-state index contributed by atoms with van der Waals surface area (Å²) in [7, 11) is 1.73. The van der Waals surface area contributed by atoms with Crippen LogP contribution in [0.3, 0.4) is 0 Å². The third-order valence-corrected chi connectivity index (χ3v) is 3.46. The first kappa shape index (κ1) is 14.4. The minimum absolute atomic E-state index is 0.00656. The van der Waals surface area contributed by atoms with Gasteiger partial charge < -0.3 is 5.32 Å². The number of hydrogen-bond acceptors (Lipinski definition) is 4. The molecule has 0 saturated carbocycles. The molecule has 1 aromatic heterocycles. The number of amides is 1. The second-order valence-corrected chi connectivity index (χ2v) is 5.37. The lowest BCUT2D eigenvalue weighted by Gasteiger charge is -2.07. The van der Waals surface area contributed by atoms with Crippen LogP contribution in [0.25, 0.3) is 0 Å². The molecule has 2 aromatic rings. The molecule has 0 bridgehead atoms. The molecule has 0 spiro atoms. The number of anilines is 1. The number of carbonyl (C=O) groups is 1. The van der Waals surface area contributed by atoms with Crippen molar-refractivity contribution in [2.24, 2.45) is 7.05 Å². The molecule has 1 amide bonds. The molecular weight excluding hydrogens is 375 g/mol. The number of hydrogen-bond donors (Lipinski definition) is 1. The molecule has 1 N–H and O–H groups in total. The van der Waals surface area contributed by atoms with Crippen molar-refractivity contribution >= 4 is 39.9 Å². The van der Waals surface area contributed by atoms with E-state index in [2.05, 4.69) is 10.4 Å². The van der Waals surface area contributed by atoms with Gasteiger partial charge in [0.15, 0.2) is 5.69 Å². The summed E-state index contributed by atoms with van der Waals surface area (Å²) in [5.41, 5.74) is 1.47. The number of nitro benzene ring substituents is 1. The Bertz CT molecular complexity index is 696. The quantitative estimate of drug-likeness (QED) is 0.499. The number of halogens is 1. The van der Waals surface area contributed by atoms with E-state index in [4.69, 9.17) is 0 Å². The summed E-state index contributed by atoms with van der Waals surface area (Å²) in [4.78, 5) is 22.3.